The Morgan fingerprint density at radius 2 is 1.65 bits per heavy atom. The van der Waals surface area contributed by atoms with E-state index in [1.54, 1.807) is 11.3 Å². The Morgan fingerprint density at radius 3 is 2.35 bits per heavy atom. The monoisotopic (exact) mass is 366 g/mol. The van der Waals surface area contributed by atoms with Crippen LogP contribution in [0.3, 0.4) is 0 Å². The van der Waals surface area contributed by atoms with Crippen LogP contribution < -0.4 is 4.80 Å². The fourth-order valence-electron chi connectivity index (χ4n) is 3.65. The Morgan fingerprint density at radius 1 is 0.962 bits per heavy atom. The van der Waals surface area contributed by atoms with Gasteiger partial charge in [0.1, 0.15) is 5.82 Å². The van der Waals surface area contributed by atoms with Crippen LogP contribution in [0.1, 0.15) is 43.7 Å². The van der Waals surface area contributed by atoms with E-state index in [0.717, 1.165) is 21.7 Å². The average molecular weight is 367 g/mol. The maximum atomic E-state index is 13.4. The minimum absolute atomic E-state index is 0.197. The fourth-order valence-corrected chi connectivity index (χ4v) is 4.64. The van der Waals surface area contributed by atoms with Gasteiger partial charge in [0.25, 0.3) is 0 Å². The summed E-state index contributed by atoms with van der Waals surface area (Å²) in [6.45, 7) is 2.09. The molecule has 0 atom stereocenters. The third-order valence-corrected chi connectivity index (χ3v) is 5.92. The quantitative estimate of drug-likeness (QED) is 0.510. The molecule has 0 bridgehead atoms. The van der Waals surface area contributed by atoms with Gasteiger partial charge in [-0.3, -0.25) is 0 Å². The van der Waals surface area contributed by atoms with E-state index in [-0.39, 0.29) is 5.82 Å². The number of thiazole rings is 1. The third-order valence-electron chi connectivity index (χ3n) is 5.08. The summed E-state index contributed by atoms with van der Waals surface area (Å²) in [4.78, 5) is 5.96. The van der Waals surface area contributed by atoms with Crippen molar-refractivity contribution in [3.8, 4) is 11.3 Å². The lowest BCUT2D eigenvalue weighted by Crippen LogP contribution is -2.23. The molecule has 1 saturated carbocycles. The predicted molar refractivity (Wildman–Crippen MR) is 106 cm³/mol. The van der Waals surface area contributed by atoms with E-state index < -0.39 is 0 Å². The van der Waals surface area contributed by atoms with Crippen molar-refractivity contribution in [2.75, 3.05) is 0 Å². The molecular weight excluding hydrogens is 343 g/mol. The van der Waals surface area contributed by atoms with Crippen LogP contribution in [0.4, 0.5) is 10.1 Å². The van der Waals surface area contributed by atoms with Gasteiger partial charge in [-0.25, -0.2) is 9.38 Å². The summed E-state index contributed by atoms with van der Waals surface area (Å²) in [6, 6.07) is 15.6. The molecule has 1 aromatic heterocycles. The molecule has 134 valence electrons. The van der Waals surface area contributed by atoms with E-state index in [1.165, 1.54) is 49.8 Å². The molecule has 1 heterocycles. The third kappa shape index (κ3) is 3.65. The summed E-state index contributed by atoms with van der Waals surface area (Å²) < 4.78 is 15.7. The van der Waals surface area contributed by atoms with Crippen molar-refractivity contribution in [2.24, 2.45) is 4.99 Å². The first-order valence-electron chi connectivity index (χ1n) is 9.28. The molecule has 0 aliphatic heterocycles. The highest BCUT2D eigenvalue weighted by Crippen LogP contribution is 2.32. The fraction of sp³-hybridized carbons (Fsp3) is 0.318. The zero-order chi connectivity index (χ0) is 17.9. The Kier molecular flexibility index (Phi) is 5.02. The number of aryl methyl sites for hydroxylation is 1. The van der Waals surface area contributed by atoms with Crippen LogP contribution in [0.2, 0.25) is 0 Å². The van der Waals surface area contributed by atoms with Gasteiger partial charge in [0.15, 0.2) is 4.80 Å². The number of nitrogens with zero attached hydrogens (tertiary/aromatic N) is 2. The molecule has 26 heavy (non-hydrogen) atoms. The van der Waals surface area contributed by atoms with Crippen molar-refractivity contribution in [3.63, 3.8) is 0 Å². The summed E-state index contributed by atoms with van der Waals surface area (Å²) in [6.07, 6.45) is 6.22. The lowest BCUT2D eigenvalue weighted by molar-refractivity contribution is 0.351. The van der Waals surface area contributed by atoms with Crippen molar-refractivity contribution in [1.82, 2.24) is 4.57 Å². The Labute approximate surface area is 157 Å². The van der Waals surface area contributed by atoms with E-state index in [4.69, 9.17) is 4.99 Å². The van der Waals surface area contributed by atoms with E-state index >= 15 is 0 Å². The van der Waals surface area contributed by atoms with Crippen LogP contribution in [-0.2, 0) is 0 Å². The van der Waals surface area contributed by atoms with Crippen molar-refractivity contribution < 1.29 is 4.39 Å². The van der Waals surface area contributed by atoms with E-state index in [1.807, 2.05) is 12.1 Å². The van der Waals surface area contributed by atoms with Crippen molar-refractivity contribution >= 4 is 17.0 Å². The van der Waals surface area contributed by atoms with Gasteiger partial charge in [-0.2, -0.15) is 0 Å². The average Bonchev–Trinajstić information content (AvgIpc) is 3.08. The Hall–Kier alpha value is -2.20. The van der Waals surface area contributed by atoms with Gasteiger partial charge < -0.3 is 4.57 Å². The molecular formula is C22H23FN2S. The van der Waals surface area contributed by atoms with Crippen LogP contribution in [0.25, 0.3) is 11.3 Å². The van der Waals surface area contributed by atoms with Crippen LogP contribution in [0, 0.1) is 12.7 Å². The first kappa shape index (κ1) is 17.2. The van der Waals surface area contributed by atoms with Gasteiger partial charge in [0.05, 0.1) is 11.4 Å². The second-order valence-corrected chi connectivity index (χ2v) is 7.86. The van der Waals surface area contributed by atoms with Crippen LogP contribution in [0.15, 0.2) is 58.9 Å². The summed E-state index contributed by atoms with van der Waals surface area (Å²) in [5.74, 6) is -0.197. The summed E-state index contributed by atoms with van der Waals surface area (Å²) in [5.41, 5.74) is 4.42. The molecule has 0 amide bonds. The lowest BCUT2D eigenvalue weighted by Gasteiger charge is -2.25. The largest absolute Gasteiger partial charge is 0.313 e. The first-order chi connectivity index (χ1) is 12.7. The molecule has 0 N–H and O–H groups in total. The standard InChI is InChI=1S/C22H23FN2S/c1-16-7-13-19(14-8-16)24-22-25(20-5-3-2-4-6-20)21(15-26-22)17-9-11-18(23)12-10-17/h7-15,20H,2-6H2,1H3. The second kappa shape index (κ2) is 7.58. The molecule has 1 fully saturated rings. The van der Waals surface area contributed by atoms with Crippen molar-refractivity contribution in [2.45, 2.75) is 45.1 Å². The maximum absolute atomic E-state index is 13.4. The molecule has 0 spiro atoms. The van der Waals surface area contributed by atoms with Crippen LogP contribution >= 0.6 is 11.3 Å². The van der Waals surface area contributed by atoms with Gasteiger partial charge in [-0.1, -0.05) is 37.0 Å². The molecule has 2 nitrogen and oxygen atoms in total. The molecule has 1 aliphatic carbocycles. The smallest absolute Gasteiger partial charge is 0.190 e. The van der Waals surface area contributed by atoms with Gasteiger partial charge in [0, 0.05) is 11.4 Å². The Balaban J connectivity index is 1.83. The molecule has 1 aliphatic rings. The SMILES string of the molecule is Cc1ccc(N=c2scc(-c3ccc(F)cc3)n2C2CCCCC2)cc1. The van der Waals surface area contributed by atoms with Gasteiger partial charge in [0.2, 0.25) is 0 Å². The molecule has 0 unspecified atom stereocenters. The molecule has 0 saturated heterocycles. The second-order valence-electron chi connectivity index (χ2n) is 7.02. The molecule has 4 heteroatoms. The van der Waals surface area contributed by atoms with Crippen molar-refractivity contribution in [3.05, 3.63) is 70.1 Å². The van der Waals surface area contributed by atoms with E-state index in [9.17, 15) is 4.39 Å². The Bertz CT molecular complexity index is 930. The van der Waals surface area contributed by atoms with Crippen LogP contribution in [0.5, 0.6) is 0 Å². The van der Waals surface area contributed by atoms with E-state index in [2.05, 4.69) is 41.1 Å². The predicted octanol–water partition coefficient (Wildman–Crippen LogP) is 6.40. The van der Waals surface area contributed by atoms with Gasteiger partial charge >= 0.3 is 0 Å². The normalized spacial score (nSPS) is 16.2. The van der Waals surface area contributed by atoms with Crippen molar-refractivity contribution in [1.29, 1.82) is 0 Å². The lowest BCUT2D eigenvalue weighted by atomic mass is 9.95. The zero-order valence-electron chi connectivity index (χ0n) is 15.0. The molecule has 4 rings (SSSR count). The number of hydrogen-bond donors (Lipinski definition) is 0. The number of rotatable bonds is 3. The minimum Gasteiger partial charge on any atom is -0.313 e. The highest BCUT2D eigenvalue weighted by Gasteiger charge is 2.20. The molecule has 2 aromatic carbocycles. The summed E-state index contributed by atoms with van der Waals surface area (Å²) >= 11 is 1.67. The number of benzene rings is 2. The number of halogens is 1. The topological polar surface area (TPSA) is 17.3 Å². The zero-order valence-corrected chi connectivity index (χ0v) is 15.8. The highest BCUT2D eigenvalue weighted by molar-refractivity contribution is 7.07. The van der Waals surface area contributed by atoms with Gasteiger partial charge in [-0.05, 0) is 61.7 Å². The number of hydrogen-bond acceptors (Lipinski definition) is 2. The maximum Gasteiger partial charge on any atom is 0.190 e. The highest BCUT2D eigenvalue weighted by atomic mass is 32.1. The van der Waals surface area contributed by atoms with Gasteiger partial charge in [-0.15, -0.1) is 11.3 Å². The molecule has 0 radical (unpaired) electrons. The van der Waals surface area contributed by atoms with Crippen LogP contribution in [-0.4, -0.2) is 4.57 Å². The molecule has 3 aromatic rings. The summed E-state index contributed by atoms with van der Waals surface area (Å²) in [7, 11) is 0. The number of aromatic nitrogens is 1. The minimum atomic E-state index is -0.197. The first-order valence-corrected chi connectivity index (χ1v) is 10.2. The van der Waals surface area contributed by atoms with E-state index in [0.29, 0.717) is 6.04 Å². The summed E-state index contributed by atoms with van der Waals surface area (Å²) in [5, 5.41) is 2.16.